The van der Waals surface area contributed by atoms with Crippen molar-refractivity contribution in [3.8, 4) is 11.4 Å². The van der Waals surface area contributed by atoms with E-state index in [1.54, 1.807) is 16.8 Å². The third kappa shape index (κ3) is 2.57. The van der Waals surface area contributed by atoms with Gasteiger partial charge in [-0.2, -0.15) is 5.10 Å². The number of nitrogens with zero attached hydrogens (tertiary/aromatic N) is 4. The minimum absolute atomic E-state index is 0.0270. The molecule has 0 aliphatic heterocycles. The number of aromatic nitrogens is 3. The summed E-state index contributed by atoms with van der Waals surface area (Å²) < 4.78 is 1.56. The van der Waals surface area contributed by atoms with Gasteiger partial charge in [-0.25, -0.2) is 4.98 Å². The molecule has 7 nitrogen and oxygen atoms in total. The molecule has 18 heavy (non-hydrogen) atoms. The molecule has 0 aliphatic carbocycles. The second-order valence-electron chi connectivity index (χ2n) is 3.59. The predicted octanol–water partition coefficient (Wildman–Crippen LogP) is 1.44. The molecule has 1 heterocycles. The molecule has 0 saturated carbocycles. The molecule has 0 spiro atoms. The maximum absolute atomic E-state index is 10.5. The first-order chi connectivity index (χ1) is 8.70. The minimum atomic E-state index is -0.458. The SMILES string of the molecule is O=CCCn1cnc(-c2ccc([N+](=O)[O-])cc2)n1. The molecule has 0 N–H and O–H groups in total. The Bertz CT molecular complexity index is 562. The fraction of sp³-hybridized carbons (Fsp3) is 0.182. The van der Waals surface area contributed by atoms with Gasteiger partial charge in [-0.3, -0.25) is 14.8 Å². The number of hydrogen-bond acceptors (Lipinski definition) is 5. The van der Waals surface area contributed by atoms with Crippen LogP contribution in [0.3, 0.4) is 0 Å². The summed E-state index contributed by atoms with van der Waals surface area (Å²) in [6, 6.07) is 6.00. The Morgan fingerprint density at radius 3 is 2.67 bits per heavy atom. The number of aryl methyl sites for hydroxylation is 1. The van der Waals surface area contributed by atoms with E-state index >= 15 is 0 Å². The monoisotopic (exact) mass is 246 g/mol. The van der Waals surface area contributed by atoms with Crippen molar-refractivity contribution in [3.05, 3.63) is 40.7 Å². The summed E-state index contributed by atoms with van der Waals surface area (Å²) in [5.74, 6) is 0.482. The molecular weight excluding hydrogens is 236 g/mol. The van der Waals surface area contributed by atoms with E-state index in [2.05, 4.69) is 10.1 Å². The third-order valence-corrected chi connectivity index (χ3v) is 2.35. The summed E-state index contributed by atoms with van der Waals surface area (Å²) in [6.45, 7) is 0.476. The maximum atomic E-state index is 10.5. The Labute approximate surface area is 102 Å². The maximum Gasteiger partial charge on any atom is 0.269 e. The van der Waals surface area contributed by atoms with E-state index in [1.807, 2.05) is 0 Å². The van der Waals surface area contributed by atoms with Gasteiger partial charge in [0.25, 0.3) is 5.69 Å². The highest BCUT2D eigenvalue weighted by atomic mass is 16.6. The lowest BCUT2D eigenvalue weighted by atomic mass is 10.2. The van der Waals surface area contributed by atoms with E-state index in [1.165, 1.54) is 18.5 Å². The highest BCUT2D eigenvalue weighted by Gasteiger charge is 2.08. The zero-order chi connectivity index (χ0) is 13.0. The molecule has 0 unspecified atom stereocenters. The van der Waals surface area contributed by atoms with Gasteiger partial charge in [0, 0.05) is 30.7 Å². The van der Waals surface area contributed by atoms with Gasteiger partial charge in [0.2, 0.25) is 0 Å². The Kier molecular flexibility index (Phi) is 3.42. The number of carbonyl (C=O) groups excluding carboxylic acids is 1. The van der Waals surface area contributed by atoms with Crippen molar-refractivity contribution in [2.24, 2.45) is 0 Å². The smallest absolute Gasteiger partial charge is 0.269 e. The Morgan fingerprint density at radius 1 is 1.33 bits per heavy atom. The standard InChI is InChI=1S/C11H10N4O3/c16-7-1-6-14-8-12-11(13-14)9-2-4-10(5-3-9)15(17)18/h2-5,7-8H,1,6H2. The topological polar surface area (TPSA) is 90.9 Å². The number of nitro benzene ring substituents is 1. The number of rotatable bonds is 5. The first kappa shape index (κ1) is 11.9. The highest BCUT2D eigenvalue weighted by Crippen LogP contribution is 2.18. The predicted molar refractivity (Wildman–Crippen MR) is 62.8 cm³/mol. The number of non-ortho nitro benzene ring substituents is 1. The van der Waals surface area contributed by atoms with Gasteiger partial charge < -0.3 is 4.79 Å². The molecule has 1 aromatic heterocycles. The van der Waals surface area contributed by atoms with Crippen molar-refractivity contribution in [1.29, 1.82) is 0 Å². The normalized spacial score (nSPS) is 10.2. The molecule has 1 aromatic carbocycles. The molecule has 0 amide bonds. The molecule has 0 fully saturated rings. The Morgan fingerprint density at radius 2 is 2.06 bits per heavy atom. The summed E-state index contributed by atoms with van der Waals surface area (Å²) in [5.41, 5.74) is 0.726. The third-order valence-electron chi connectivity index (χ3n) is 2.35. The minimum Gasteiger partial charge on any atom is -0.303 e. The van der Waals surface area contributed by atoms with E-state index in [4.69, 9.17) is 0 Å². The van der Waals surface area contributed by atoms with E-state index < -0.39 is 4.92 Å². The average Bonchev–Trinajstić information content (AvgIpc) is 2.85. The Balaban J connectivity index is 2.18. The van der Waals surface area contributed by atoms with Crippen molar-refractivity contribution in [3.63, 3.8) is 0 Å². The number of hydrogen-bond donors (Lipinski definition) is 0. The van der Waals surface area contributed by atoms with E-state index in [-0.39, 0.29) is 5.69 Å². The van der Waals surface area contributed by atoms with Crippen LogP contribution in [0.5, 0.6) is 0 Å². The molecular formula is C11H10N4O3. The summed E-state index contributed by atoms with van der Waals surface area (Å²) in [4.78, 5) is 24.4. The van der Waals surface area contributed by atoms with E-state index in [0.29, 0.717) is 24.4 Å². The molecule has 2 rings (SSSR count). The van der Waals surface area contributed by atoms with Gasteiger partial charge in [0.1, 0.15) is 12.6 Å². The van der Waals surface area contributed by atoms with Crippen LogP contribution in [0.15, 0.2) is 30.6 Å². The van der Waals surface area contributed by atoms with Gasteiger partial charge in [-0.1, -0.05) is 0 Å². The zero-order valence-electron chi connectivity index (χ0n) is 9.39. The Hall–Kier alpha value is -2.57. The molecule has 7 heteroatoms. The average molecular weight is 246 g/mol. The highest BCUT2D eigenvalue weighted by molar-refractivity contribution is 5.56. The molecule has 0 radical (unpaired) electrons. The largest absolute Gasteiger partial charge is 0.303 e. The summed E-state index contributed by atoms with van der Waals surface area (Å²) in [6.07, 6.45) is 2.72. The van der Waals surface area contributed by atoms with Gasteiger partial charge in [-0.15, -0.1) is 0 Å². The molecule has 92 valence electrons. The van der Waals surface area contributed by atoms with Gasteiger partial charge >= 0.3 is 0 Å². The molecule has 0 bridgehead atoms. The van der Waals surface area contributed by atoms with Crippen molar-refractivity contribution in [2.45, 2.75) is 13.0 Å². The van der Waals surface area contributed by atoms with Crippen LogP contribution in [-0.4, -0.2) is 26.0 Å². The fourth-order valence-electron chi connectivity index (χ4n) is 1.45. The van der Waals surface area contributed by atoms with Crippen LogP contribution in [0, 0.1) is 10.1 Å². The summed E-state index contributed by atoms with van der Waals surface area (Å²) in [5, 5.41) is 14.7. The lowest BCUT2D eigenvalue weighted by Crippen LogP contribution is -1.98. The van der Waals surface area contributed by atoms with Crippen molar-refractivity contribution in [1.82, 2.24) is 14.8 Å². The molecule has 2 aromatic rings. The number of carbonyl (C=O) groups is 1. The van der Waals surface area contributed by atoms with Gasteiger partial charge in [0.05, 0.1) is 4.92 Å². The number of aldehydes is 1. The second kappa shape index (κ2) is 5.17. The van der Waals surface area contributed by atoms with Gasteiger partial charge in [0.15, 0.2) is 5.82 Å². The molecule has 0 atom stereocenters. The first-order valence-electron chi connectivity index (χ1n) is 5.28. The van der Waals surface area contributed by atoms with Crippen molar-refractivity contribution < 1.29 is 9.72 Å². The van der Waals surface area contributed by atoms with Crippen molar-refractivity contribution >= 4 is 12.0 Å². The summed E-state index contributed by atoms with van der Waals surface area (Å²) in [7, 11) is 0. The van der Waals surface area contributed by atoms with Crippen LogP contribution in [-0.2, 0) is 11.3 Å². The van der Waals surface area contributed by atoms with Crippen LogP contribution < -0.4 is 0 Å². The fourth-order valence-corrected chi connectivity index (χ4v) is 1.45. The van der Waals surface area contributed by atoms with Crippen LogP contribution in [0.25, 0.3) is 11.4 Å². The van der Waals surface area contributed by atoms with Crippen molar-refractivity contribution in [2.75, 3.05) is 0 Å². The van der Waals surface area contributed by atoms with Gasteiger partial charge in [-0.05, 0) is 12.1 Å². The van der Waals surface area contributed by atoms with Crippen LogP contribution in [0.4, 0.5) is 5.69 Å². The second-order valence-corrected chi connectivity index (χ2v) is 3.59. The van der Waals surface area contributed by atoms with Crippen LogP contribution >= 0.6 is 0 Å². The first-order valence-corrected chi connectivity index (χ1v) is 5.28. The lowest BCUT2D eigenvalue weighted by Gasteiger charge is -1.96. The lowest BCUT2D eigenvalue weighted by molar-refractivity contribution is -0.384. The summed E-state index contributed by atoms with van der Waals surface area (Å²) >= 11 is 0. The zero-order valence-corrected chi connectivity index (χ0v) is 9.39. The van der Waals surface area contributed by atoms with Crippen LogP contribution in [0.1, 0.15) is 6.42 Å². The number of benzene rings is 1. The van der Waals surface area contributed by atoms with E-state index in [0.717, 1.165) is 6.29 Å². The molecule has 0 saturated heterocycles. The number of nitro groups is 1. The quantitative estimate of drug-likeness (QED) is 0.452. The van der Waals surface area contributed by atoms with Crippen LogP contribution in [0.2, 0.25) is 0 Å². The molecule has 0 aliphatic rings. The van der Waals surface area contributed by atoms with E-state index in [9.17, 15) is 14.9 Å².